The number of carbonyl (C=O) groups is 2. The molecule has 2 rings (SSSR count). The molecule has 2 fully saturated rings. The second kappa shape index (κ2) is 6.14. The van der Waals surface area contributed by atoms with E-state index in [-0.39, 0.29) is 24.5 Å². The largest absolute Gasteiger partial charge is 0.481 e. The van der Waals surface area contributed by atoms with Crippen molar-refractivity contribution >= 4 is 12.3 Å². The van der Waals surface area contributed by atoms with Crippen molar-refractivity contribution in [2.24, 2.45) is 11.8 Å². The molecule has 0 unspecified atom stereocenters. The maximum Gasteiger partial charge on any atom is 0.303 e. The Morgan fingerprint density at radius 2 is 2.06 bits per heavy atom. The van der Waals surface area contributed by atoms with Crippen LogP contribution in [0.2, 0.25) is 0 Å². The highest BCUT2D eigenvalue weighted by atomic mass is 16.5. The van der Waals surface area contributed by atoms with E-state index in [2.05, 4.69) is 6.08 Å². The molecule has 0 aromatic rings. The van der Waals surface area contributed by atoms with Crippen molar-refractivity contribution in [2.75, 3.05) is 0 Å². The monoisotopic (exact) mass is 252 g/mol. The molecule has 18 heavy (non-hydrogen) atoms. The van der Waals surface area contributed by atoms with Crippen LogP contribution in [-0.4, -0.2) is 29.6 Å². The topological polar surface area (TPSA) is 63.6 Å². The average molecular weight is 252 g/mol. The Bertz CT molecular complexity index is 337. The lowest BCUT2D eigenvalue weighted by Crippen LogP contribution is -2.27. The minimum absolute atomic E-state index is 0.0624. The van der Waals surface area contributed by atoms with Crippen LogP contribution in [-0.2, 0) is 14.3 Å². The maximum absolute atomic E-state index is 11.0. The van der Waals surface area contributed by atoms with Crippen molar-refractivity contribution in [1.29, 1.82) is 0 Å². The van der Waals surface area contributed by atoms with Crippen LogP contribution in [0.5, 0.6) is 0 Å². The Balaban J connectivity index is 1.71. The molecule has 4 heteroatoms. The smallest absolute Gasteiger partial charge is 0.303 e. The maximum atomic E-state index is 11.0. The fourth-order valence-electron chi connectivity index (χ4n) is 3.05. The van der Waals surface area contributed by atoms with Crippen LogP contribution in [0.15, 0.2) is 12.2 Å². The van der Waals surface area contributed by atoms with Gasteiger partial charge in [-0.05, 0) is 32.1 Å². The minimum Gasteiger partial charge on any atom is -0.481 e. The van der Waals surface area contributed by atoms with Crippen molar-refractivity contribution in [3.05, 3.63) is 12.2 Å². The standard InChI is InChI=1S/C14H20O4/c15-9-11-10(12-7-8-13(11)18-12)5-3-1-2-4-6-14(16)17/h1,3,9-13H,2,4-8H2,(H,16,17)/b3-1-/t10-,11-,12-,13+/m1/s1. The quantitative estimate of drug-likeness (QED) is 0.428. The third-order valence-corrected chi connectivity index (χ3v) is 3.98. The SMILES string of the molecule is O=C[C@@H]1[C@@H](C/C=C\CCCC(=O)O)[C@H]2CC[C@@H]1O2. The molecule has 2 bridgehead atoms. The Hall–Kier alpha value is -1.16. The fraction of sp³-hybridized carbons (Fsp3) is 0.714. The lowest BCUT2D eigenvalue weighted by Gasteiger charge is -2.22. The molecule has 0 spiro atoms. The average Bonchev–Trinajstić information content (AvgIpc) is 2.93. The summed E-state index contributed by atoms with van der Waals surface area (Å²) in [6, 6.07) is 0. The second-order valence-corrected chi connectivity index (χ2v) is 5.16. The number of hydrogen-bond donors (Lipinski definition) is 1. The van der Waals surface area contributed by atoms with Gasteiger partial charge in [0.1, 0.15) is 6.29 Å². The number of fused-ring (bicyclic) bond motifs is 2. The molecule has 4 nitrogen and oxygen atoms in total. The molecule has 2 aliphatic heterocycles. The first-order valence-corrected chi connectivity index (χ1v) is 6.70. The highest BCUT2D eigenvalue weighted by Gasteiger charge is 2.47. The Labute approximate surface area is 107 Å². The van der Waals surface area contributed by atoms with Crippen LogP contribution in [0, 0.1) is 11.8 Å². The number of carboxylic acids is 1. The highest BCUT2D eigenvalue weighted by molar-refractivity contribution is 5.66. The van der Waals surface area contributed by atoms with Crippen LogP contribution < -0.4 is 0 Å². The number of carbonyl (C=O) groups excluding carboxylic acids is 1. The number of allylic oxidation sites excluding steroid dienone is 2. The van der Waals surface area contributed by atoms with Crippen molar-refractivity contribution in [1.82, 2.24) is 0 Å². The number of aliphatic carboxylic acids is 1. The summed E-state index contributed by atoms with van der Waals surface area (Å²) in [5.41, 5.74) is 0. The molecule has 0 aliphatic carbocycles. The van der Waals surface area contributed by atoms with Crippen molar-refractivity contribution in [3.63, 3.8) is 0 Å². The summed E-state index contributed by atoms with van der Waals surface area (Å²) in [4.78, 5) is 21.4. The summed E-state index contributed by atoms with van der Waals surface area (Å²) in [7, 11) is 0. The zero-order valence-electron chi connectivity index (χ0n) is 10.5. The number of carboxylic acid groups (broad SMARTS) is 1. The van der Waals surface area contributed by atoms with Crippen LogP contribution in [0.3, 0.4) is 0 Å². The van der Waals surface area contributed by atoms with Crippen LogP contribution in [0.1, 0.15) is 38.5 Å². The summed E-state index contributed by atoms with van der Waals surface area (Å²) < 4.78 is 5.76. The summed E-state index contributed by atoms with van der Waals surface area (Å²) in [6.45, 7) is 0. The van der Waals surface area contributed by atoms with Gasteiger partial charge in [-0.1, -0.05) is 12.2 Å². The first-order chi connectivity index (χ1) is 8.72. The van der Waals surface area contributed by atoms with Gasteiger partial charge in [0.2, 0.25) is 0 Å². The van der Waals surface area contributed by atoms with E-state index in [4.69, 9.17) is 9.84 Å². The van der Waals surface area contributed by atoms with Crippen LogP contribution in [0.4, 0.5) is 0 Å². The zero-order valence-corrected chi connectivity index (χ0v) is 10.5. The molecule has 0 saturated carbocycles. The first kappa shape index (κ1) is 13.3. The van der Waals surface area contributed by atoms with Gasteiger partial charge in [0.25, 0.3) is 0 Å². The molecular formula is C14H20O4. The van der Waals surface area contributed by atoms with Gasteiger partial charge in [-0.15, -0.1) is 0 Å². The van der Waals surface area contributed by atoms with E-state index < -0.39 is 5.97 Å². The predicted octanol–water partition coefficient (Wildman–Crippen LogP) is 2.18. The second-order valence-electron chi connectivity index (χ2n) is 5.16. The molecule has 4 atom stereocenters. The fourth-order valence-corrected chi connectivity index (χ4v) is 3.05. The lowest BCUT2D eigenvalue weighted by atomic mass is 9.78. The molecule has 2 saturated heterocycles. The van der Waals surface area contributed by atoms with Gasteiger partial charge < -0.3 is 14.6 Å². The van der Waals surface area contributed by atoms with Gasteiger partial charge in [-0.25, -0.2) is 0 Å². The third-order valence-electron chi connectivity index (χ3n) is 3.98. The van der Waals surface area contributed by atoms with Crippen molar-refractivity contribution in [2.45, 2.75) is 50.7 Å². The van der Waals surface area contributed by atoms with E-state index in [1.807, 2.05) is 6.08 Å². The van der Waals surface area contributed by atoms with E-state index >= 15 is 0 Å². The van der Waals surface area contributed by atoms with Gasteiger partial charge in [0.05, 0.1) is 12.2 Å². The summed E-state index contributed by atoms with van der Waals surface area (Å²) in [5.74, 6) is -0.352. The van der Waals surface area contributed by atoms with Crippen molar-refractivity contribution in [3.8, 4) is 0 Å². The number of hydrogen-bond acceptors (Lipinski definition) is 3. The molecule has 100 valence electrons. The molecule has 0 radical (unpaired) electrons. The highest BCUT2D eigenvalue weighted by Crippen LogP contribution is 2.44. The Morgan fingerprint density at radius 1 is 1.28 bits per heavy atom. The molecular weight excluding hydrogens is 232 g/mol. The zero-order chi connectivity index (χ0) is 13.0. The van der Waals surface area contributed by atoms with E-state index in [0.29, 0.717) is 12.3 Å². The van der Waals surface area contributed by atoms with Gasteiger partial charge >= 0.3 is 5.97 Å². The minimum atomic E-state index is -0.745. The van der Waals surface area contributed by atoms with Crippen LogP contribution >= 0.6 is 0 Å². The number of aldehydes is 1. The van der Waals surface area contributed by atoms with Gasteiger partial charge in [-0.2, -0.15) is 0 Å². The Morgan fingerprint density at radius 3 is 2.78 bits per heavy atom. The number of unbranched alkanes of at least 4 members (excludes halogenated alkanes) is 1. The molecule has 2 heterocycles. The van der Waals surface area contributed by atoms with Gasteiger partial charge in [-0.3, -0.25) is 4.79 Å². The molecule has 0 amide bonds. The van der Waals surface area contributed by atoms with E-state index in [0.717, 1.165) is 32.0 Å². The van der Waals surface area contributed by atoms with Gasteiger partial charge in [0, 0.05) is 18.3 Å². The van der Waals surface area contributed by atoms with E-state index in [1.54, 1.807) is 0 Å². The Kier molecular flexibility index (Phi) is 4.53. The third kappa shape index (κ3) is 2.99. The van der Waals surface area contributed by atoms with Crippen LogP contribution in [0.25, 0.3) is 0 Å². The first-order valence-electron chi connectivity index (χ1n) is 6.70. The summed E-state index contributed by atoms with van der Waals surface area (Å²) >= 11 is 0. The molecule has 2 aliphatic rings. The lowest BCUT2D eigenvalue weighted by molar-refractivity contribution is -0.137. The summed E-state index contributed by atoms with van der Waals surface area (Å²) in [5, 5.41) is 8.50. The van der Waals surface area contributed by atoms with E-state index in [9.17, 15) is 9.59 Å². The van der Waals surface area contributed by atoms with Crippen molar-refractivity contribution < 1.29 is 19.4 Å². The molecule has 0 aromatic carbocycles. The molecule has 1 N–H and O–H groups in total. The normalized spacial score (nSPS) is 34.2. The molecule has 0 aromatic heterocycles. The predicted molar refractivity (Wildman–Crippen MR) is 66.2 cm³/mol. The number of ether oxygens (including phenoxy) is 1. The van der Waals surface area contributed by atoms with E-state index in [1.165, 1.54) is 0 Å². The summed E-state index contributed by atoms with van der Waals surface area (Å²) in [6.07, 6.45) is 10.2. The van der Waals surface area contributed by atoms with Gasteiger partial charge in [0.15, 0.2) is 0 Å². The number of rotatable bonds is 7.